The highest BCUT2D eigenvalue weighted by Gasteiger charge is 2.56. The van der Waals surface area contributed by atoms with Gasteiger partial charge in [0.15, 0.2) is 0 Å². The fourth-order valence-corrected chi connectivity index (χ4v) is 2.91. The first-order chi connectivity index (χ1) is 12.0. The van der Waals surface area contributed by atoms with Crippen LogP contribution in [0.25, 0.3) is 0 Å². The molecule has 0 saturated heterocycles. The van der Waals surface area contributed by atoms with Gasteiger partial charge in [0.25, 0.3) is 0 Å². The lowest BCUT2D eigenvalue weighted by atomic mass is 9.78. The molecule has 0 atom stereocenters. The van der Waals surface area contributed by atoms with Crippen molar-refractivity contribution in [3.8, 4) is 0 Å². The zero-order chi connectivity index (χ0) is 22.7. The van der Waals surface area contributed by atoms with Crippen LogP contribution in [0.3, 0.4) is 0 Å². The van der Waals surface area contributed by atoms with Crippen LogP contribution >= 0.6 is 0 Å². The molecule has 0 aliphatic rings. The van der Waals surface area contributed by atoms with Crippen LogP contribution in [0.2, 0.25) is 0 Å². The zero-order valence-electron chi connectivity index (χ0n) is 14.7. The number of hydrogen-bond donors (Lipinski definition) is 0. The van der Waals surface area contributed by atoms with Crippen LogP contribution in [-0.2, 0) is 31.1 Å². The molecule has 162 valence electrons. The Morgan fingerprint density at radius 2 is 0.786 bits per heavy atom. The lowest BCUT2D eigenvalue weighted by molar-refractivity contribution is -0.183. The second-order valence-electron chi connectivity index (χ2n) is 7.33. The molecule has 0 unspecified atom stereocenters. The average molecular weight is 434 g/mol. The summed E-state index contributed by atoms with van der Waals surface area (Å²) < 4.78 is 160. The predicted molar refractivity (Wildman–Crippen MR) is 74.3 cm³/mol. The molecule has 0 radical (unpaired) electrons. The van der Waals surface area contributed by atoms with Crippen LogP contribution in [0.4, 0.5) is 52.7 Å². The molecule has 0 heterocycles. The molecule has 0 amide bonds. The molecule has 0 spiro atoms. The Morgan fingerprint density at radius 3 is 1.04 bits per heavy atom. The van der Waals surface area contributed by atoms with Gasteiger partial charge in [-0.15, -0.1) is 0 Å². The van der Waals surface area contributed by atoms with Crippen molar-refractivity contribution in [1.29, 1.82) is 0 Å². The molecular weight excluding hydrogens is 420 g/mol. The second kappa shape index (κ2) is 6.72. The quantitative estimate of drug-likeness (QED) is 0.398. The van der Waals surface area contributed by atoms with Crippen molar-refractivity contribution in [1.82, 2.24) is 0 Å². The third-order valence-corrected chi connectivity index (χ3v) is 3.72. The van der Waals surface area contributed by atoms with Crippen molar-refractivity contribution in [3.63, 3.8) is 0 Å². The average Bonchev–Trinajstić information content (AvgIpc) is 2.32. The van der Waals surface area contributed by atoms with Gasteiger partial charge in [-0.05, 0) is 29.9 Å². The lowest BCUT2D eigenvalue weighted by Crippen LogP contribution is -2.31. The van der Waals surface area contributed by atoms with E-state index < -0.39 is 69.9 Å². The minimum absolute atomic E-state index is 0.314. The summed E-state index contributed by atoms with van der Waals surface area (Å²) in [6.45, 7) is 3.99. The lowest BCUT2D eigenvalue weighted by Gasteiger charge is -2.31. The van der Waals surface area contributed by atoms with E-state index in [2.05, 4.69) is 0 Å². The Hall–Kier alpha value is -1.62. The molecule has 0 aliphatic heterocycles. The second-order valence-corrected chi connectivity index (χ2v) is 7.33. The van der Waals surface area contributed by atoms with E-state index in [1.165, 1.54) is 20.8 Å². The first-order valence-electron chi connectivity index (χ1n) is 7.47. The van der Waals surface area contributed by atoms with Gasteiger partial charge in [-0.25, -0.2) is 0 Å². The molecule has 12 heteroatoms. The van der Waals surface area contributed by atoms with Crippen molar-refractivity contribution in [2.45, 2.75) is 58.8 Å². The zero-order valence-corrected chi connectivity index (χ0v) is 14.7. The molecule has 28 heavy (non-hydrogen) atoms. The van der Waals surface area contributed by atoms with E-state index in [-0.39, 0.29) is 0 Å². The van der Waals surface area contributed by atoms with Crippen LogP contribution in [0.5, 0.6) is 0 Å². The van der Waals surface area contributed by atoms with Gasteiger partial charge >= 0.3 is 24.7 Å². The molecular formula is C16H14F12. The monoisotopic (exact) mass is 434 g/mol. The highest BCUT2D eigenvalue weighted by Crippen LogP contribution is 2.54. The molecule has 0 aromatic heterocycles. The Labute approximate surface area is 151 Å². The van der Waals surface area contributed by atoms with Gasteiger partial charge in [-0.2, -0.15) is 52.7 Å². The first kappa shape index (κ1) is 24.4. The van der Waals surface area contributed by atoms with Gasteiger partial charge in [0, 0.05) is 0 Å². The summed E-state index contributed by atoms with van der Waals surface area (Å²) in [7, 11) is 0. The molecule has 1 aromatic carbocycles. The van der Waals surface area contributed by atoms with Gasteiger partial charge in [0.1, 0.15) is 0 Å². The number of halogens is 12. The summed E-state index contributed by atoms with van der Waals surface area (Å²) >= 11 is 0. The van der Waals surface area contributed by atoms with Crippen molar-refractivity contribution in [2.75, 3.05) is 0 Å². The molecule has 0 N–H and O–H groups in total. The number of alkyl halides is 12. The van der Waals surface area contributed by atoms with E-state index in [1.54, 1.807) is 0 Å². The van der Waals surface area contributed by atoms with Crippen LogP contribution < -0.4 is 0 Å². The van der Waals surface area contributed by atoms with Crippen molar-refractivity contribution in [2.24, 2.45) is 5.41 Å². The molecule has 0 fully saturated rings. The van der Waals surface area contributed by atoms with Gasteiger partial charge in [0.2, 0.25) is 0 Å². The summed E-state index contributed by atoms with van der Waals surface area (Å²) in [5.41, 5.74) is -16.5. The molecule has 0 nitrogen and oxygen atoms in total. The Balaban J connectivity index is 4.46. The maximum atomic E-state index is 13.4. The number of hydrogen-bond acceptors (Lipinski definition) is 0. The standard InChI is InChI=1S/C16H14F12/c1-6-7(5-12(2,3)4)9(14(20,21)22)11(16(26,27)28)10(15(23,24)25)8(6)13(17,18)19/h5H2,1-4H3. The van der Waals surface area contributed by atoms with Crippen LogP contribution in [0.1, 0.15) is 54.2 Å². The van der Waals surface area contributed by atoms with Crippen LogP contribution in [0.15, 0.2) is 0 Å². The predicted octanol–water partition coefficient (Wildman–Crippen LogP) is 7.66. The van der Waals surface area contributed by atoms with E-state index in [9.17, 15) is 52.7 Å². The molecule has 1 aromatic rings. The Kier molecular flexibility index (Phi) is 5.86. The van der Waals surface area contributed by atoms with Crippen molar-refractivity contribution in [3.05, 3.63) is 33.4 Å². The van der Waals surface area contributed by atoms with E-state index in [1.807, 2.05) is 0 Å². The van der Waals surface area contributed by atoms with E-state index in [0.29, 0.717) is 6.92 Å². The van der Waals surface area contributed by atoms with Gasteiger partial charge in [-0.1, -0.05) is 20.8 Å². The molecule has 0 aliphatic carbocycles. The van der Waals surface area contributed by atoms with Crippen molar-refractivity contribution < 1.29 is 52.7 Å². The fraction of sp³-hybridized carbons (Fsp3) is 0.625. The smallest absolute Gasteiger partial charge is 0.166 e. The van der Waals surface area contributed by atoms with Gasteiger partial charge < -0.3 is 0 Å². The summed E-state index contributed by atoms with van der Waals surface area (Å²) in [5.74, 6) is 0. The maximum Gasteiger partial charge on any atom is 0.417 e. The summed E-state index contributed by atoms with van der Waals surface area (Å²) in [4.78, 5) is 0. The Bertz CT molecular complexity index is 736. The summed E-state index contributed by atoms with van der Waals surface area (Å²) in [5, 5.41) is 0. The molecule has 1 rings (SSSR count). The summed E-state index contributed by atoms with van der Waals surface area (Å²) in [6.07, 6.45) is -25.6. The van der Waals surface area contributed by atoms with Crippen molar-refractivity contribution >= 4 is 0 Å². The summed E-state index contributed by atoms with van der Waals surface area (Å²) in [6, 6.07) is 0. The SMILES string of the molecule is Cc1c(CC(C)(C)C)c(C(F)(F)F)c(C(F)(F)F)c(C(F)(F)F)c1C(F)(F)F. The molecule has 0 saturated carbocycles. The Morgan fingerprint density at radius 1 is 0.500 bits per heavy atom. The number of benzene rings is 1. The topological polar surface area (TPSA) is 0 Å². The third kappa shape index (κ3) is 5.05. The van der Waals surface area contributed by atoms with Gasteiger partial charge in [0.05, 0.1) is 22.3 Å². The molecule has 0 bridgehead atoms. The normalized spacial score (nSPS) is 14.6. The van der Waals surface area contributed by atoms with E-state index in [0.717, 1.165) is 0 Å². The minimum Gasteiger partial charge on any atom is -0.166 e. The van der Waals surface area contributed by atoms with E-state index >= 15 is 0 Å². The number of rotatable bonds is 1. The van der Waals surface area contributed by atoms with E-state index in [4.69, 9.17) is 0 Å². The highest BCUT2D eigenvalue weighted by atomic mass is 19.4. The third-order valence-electron chi connectivity index (χ3n) is 3.72. The maximum absolute atomic E-state index is 13.4. The van der Waals surface area contributed by atoms with Crippen LogP contribution in [0, 0.1) is 12.3 Å². The fourth-order valence-electron chi connectivity index (χ4n) is 2.91. The van der Waals surface area contributed by atoms with Gasteiger partial charge in [-0.3, -0.25) is 0 Å². The largest absolute Gasteiger partial charge is 0.417 e. The first-order valence-corrected chi connectivity index (χ1v) is 7.47. The highest BCUT2D eigenvalue weighted by molar-refractivity contribution is 5.56. The minimum atomic E-state index is -6.34. The van der Waals surface area contributed by atoms with Crippen LogP contribution in [-0.4, -0.2) is 0 Å².